The van der Waals surface area contributed by atoms with Gasteiger partial charge in [-0.2, -0.15) is 0 Å². The lowest BCUT2D eigenvalue weighted by atomic mass is 10.0. The summed E-state index contributed by atoms with van der Waals surface area (Å²) in [5.74, 6) is -0.397. The largest absolute Gasteiger partial charge is 0.480 e. The van der Waals surface area contributed by atoms with Crippen molar-refractivity contribution in [1.82, 2.24) is 5.32 Å². The van der Waals surface area contributed by atoms with E-state index in [0.717, 1.165) is 6.42 Å². The molecule has 0 aliphatic carbocycles. The fraction of sp³-hybridized carbons (Fsp3) is 0.875. The van der Waals surface area contributed by atoms with Crippen molar-refractivity contribution in [3.8, 4) is 0 Å². The summed E-state index contributed by atoms with van der Waals surface area (Å²) in [6, 6.07) is -0.656. The maximum absolute atomic E-state index is 11.0. The van der Waals surface area contributed by atoms with Gasteiger partial charge in [0.2, 0.25) is 0 Å². The van der Waals surface area contributed by atoms with Crippen LogP contribution in [0.25, 0.3) is 0 Å². The van der Waals surface area contributed by atoms with Crippen molar-refractivity contribution >= 4 is 23.3 Å². The summed E-state index contributed by atoms with van der Waals surface area (Å²) in [5.41, 5.74) is 0. The Kier molecular flexibility index (Phi) is 13.7. The highest BCUT2D eigenvalue weighted by Crippen LogP contribution is 2.12. The molecular formula is C16H30N2O2S. The van der Waals surface area contributed by atoms with Gasteiger partial charge in [0.1, 0.15) is 6.04 Å². The lowest BCUT2D eigenvalue weighted by molar-refractivity contribution is -0.139. The first-order chi connectivity index (χ1) is 10.1. The molecule has 21 heavy (non-hydrogen) atoms. The lowest BCUT2D eigenvalue weighted by Crippen LogP contribution is -2.41. The number of aliphatic carboxylic acids is 1. The maximum atomic E-state index is 11.0. The molecule has 2 atom stereocenters. The molecule has 0 saturated heterocycles. The number of hydrogen-bond donors (Lipinski definition) is 2. The normalized spacial score (nSPS) is 13.4. The number of unbranched alkanes of at least 4 members (excludes halogenated alkanes) is 6. The number of nitrogens with one attached hydrogen (secondary N) is 1. The molecule has 122 valence electrons. The summed E-state index contributed by atoms with van der Waals surface area (Å²) in [6.07, 6.45) is 10.3. The van der Waals surface area contributed by atoms with E-state index in [1.807, 2.05) is 0 Å². The molecule has 0 fully saturated rings. The summed E-state index contributed by atoms with van der Waals surface area (Å²) in [6.45, 7) is 5.26. The number of nitrogens with zero attached hydrogens (tertiary/aromatic N) is 1. The highest BCUT2D eigenvalue weighted by Gasteiger charge is 2.16. The topological polar surface area (TPSA) is 61.7 Å². The first-order valence-corrected chi connectivity index (χ1v) is 8.52. The quantitative estimate of drug-likeness (QED) is 0.290. The second kappa shape index (κ2) is 14.2. The van der Waals surface area contributed by atoms with Crippen LogP contribution in [-0.2, 0) is 4.79 Å². The van der Waals surface area contributed by atoms with Gasteiger partial charge in [-0.15, -0.1) is 0 Å². The first-order valence-electron chi connectivity index (χ1n) is 8.11. The summed E-state index contributed by atoms with van der Waals surface area (Å²) >= 11 is 4.46. The Bertz CT molecular complexity index is 317. The van der Waals surface area contributed by atoms with Gasteiger partial charge in [-0.3, -0.25) is 4.79 Å². The van der Waals surface area contributed by atoms with Gasteiger partial charge in [0.25, 0.3) is 0 Å². The van der Waals surface area contributed by atoms with Gasteiger partial charge in [0.15, 0.2) is 0 Å². The highest BCUT2D eigenvalue weighted by molar-refractivity contribution is 7.78. The second-order valence-electron chi connectivity index (χ2n) is 5.75. The minimum atomic E-state index is -0.882. The molecule has 0 aromatic heterocycles. The van der Waals surface area contributed by atoms with E-state index >= 15 is 0 Å². The molecule has 0 heterocycles. The predicted octanol–water partition coefficient (Wildman–Crippen LogP) is 3.91. The molecule has 2 unspecified atom stereocenters. The van der Waals surface area contributed by atoms with Crippen LogP contribution in [0.3, 0.4) is 0 Å². The number of isothiocyanates is 1. The third-order valence-corrected chi connectivity index (χ3v) is 3.78. The molecule has 0 spiro atoms. The minimum Gasteiger partial charge on any atom is -0.480 e. The zero-order valence-electron chi connectivity index (χ0n) is 13.4. The van der Waals surface area contributed by atoms with Crippen molar-refractivity contribution in [3.05, 3.63) is 0 Å². The van der Waals surface area contributed by atoms with E-state index in [1.165, 1.54) is 44.9 Å². The van der Waals surface area contributed by atoms with Crippen LogP contribution < -0.4 is 5.32 Å². The van der Waals surface area contributed by atoms with E-state index in [2.05, 4.69) is 41.5 Å². The summed E-state index contributed by atoms with van der Waals surface area (Å²) in [7, 11) is 0. The van der Waals surface area contributed by atoms with Crippen LogP contribution >= 0.6 is 12.2 Å². The third-order valence-electron chi connectivity index (χ3n) is 3.65. The number of carboxylic acid groups (broad SMARTS) is 1. The second-order valence-corrected chi connectivity index (χ2v) is 5.93. The van der Waals surface area contributed by atoms with Gasteiger partial charge in [-0.1, -0.05) is 58.8 Å². The summed E-state index contributed by atoms with van der Waals surface area (Å²) in [4.78, 5) is 14.7. The van der Waals surface area contributed by atoms with Gasteiger partial charge in [0, 0.05) is 0 Å². The molecular weight excluding hydrogens is 284 g/mol. The van der Waals surface area contributed by atoms with Crippen molar-refractivity contribution in [2.75, 3.05) is 13.1 Å². The number of aliphatic imine (C=N–C) groups is 1. The van der Waals surface area contributed by atoms with E-state index in [9.17, 15) is 4.79 Å². The molecule has 2 N–H and O–H groups in total. The molecule has 0 amide bonds. The molecule has 0 radical (unpaired) electrons. The smallest absolute Gasteiger partial charge is 0.322 e. The first kappa shape index (κ1) is 20.2. The number of rotatable bonds is 14. The van der Waals surface area contributed by atoms with Crippen LogP contribution in [-0.4, -0.2) is 35.4 Å². The monoisotopic (exact) mass is 314 g/mol. The van der Waals surface area contributed by atoms with Crippen LogP contribution in [0.2, 0.25) is 0 Å². The Balaban J connectivity index is 3.65. The SMILES string of the molecule is CCCCCCCCCC(C)CNC(CN=C=S)C(=O)O. The average Bonchev–Trinajstić information content (AvgIpc) is 2.46. The number of carboxylic acids is 1. The average molecular weight is 314 g/mol. The van der Waals surface area contributed by atoms with Crippen molar-refractivity contribution in [2.45, 2.75) is 71.3 Å². The highest BCUT2D eigenvalue weighted by atomic mass is 32.1. The molecule has 5 heteroatoms. The van der Waals surface area contributed by atoms with Gasteiger partial charge in [-0.05, 0) is 31.1 Å². The standard InChI is InChI=1S/C16H30N2O2S/c1-3-4-5-6-7-8-9-10-14(2)11-18-15(16(19)20)12-17-13-21/h14-15,18H,3-12H2,1-2H3,(H,19,20). The molecule has 0 saturated carbocycles. The Morgan fingerprint density at radius 2 is 1.86 bits per heavy atom. The molecule has 0 aliphatic rings. The molecule has 0 bridgehead atoms. The Morgan fingerprint density at radius 3 is 2.43 bits per heavy atom. The minimum absolute atomic E-state index is 0.156. The number of thiocarbonyl (C=S) groups is 1. The van der Waals surface area contributed by atoms with Crippen LogP contribution in [0, 0.1) is 5.92 Å². The van der Waals surface area contributed by atoms with E-state index in [1.54, 1.807) is 0 Å². The zero-order valence-corrected chi connectivity index (χ0v) is 14.3. The van der Waals surface area contributed by atoms with Crippen LogP contribution in [0.5, 0.6) is 0 Å². The van der Waals surface area contributed by atoms with E-state index in [4.69, 9.17) is 5.11 Å². The number of hydrogen-bond acceptors (Lipinski definition) is 4. The van der Waals surface area contributed by atoms with E-state index < -0.39 is 12.0 Å². The van der Waals surface area contributed by atoms with Crippen LogP contribution in [0.1, 0.15) is 65.2 Å². The molecule has 0 aliphatic heterocycles. The van der Waals surface area contributed by atoms with Gasteiger partial charge < -0.3 is 10.4 Å². The summed E-state index contributed by atoms with van der Waals surface area (Å²) < 4.78 is 0. The summed E-state index contributed by atoms with van der Waals surface area (Å²) in [5, 5.41) is 14.3. The fourth-order valence-corrected chi connectivity index (χ4v) is 2.33. The Morgan fingerprint density at radius 1 is 1.24 bits per heavy atom. The fourth-order valence-electron chi connectivity index (χ4n) is 2.25. The lowest BCUT2D eigenvalue weighted by Gasteiger charge is -2.16. The van der Waals surface area contributed by atoms with Gasteiger partial charge >= 0.3 is 5.97 Å². The molecule has 0 aromatic rings. The van der Waals surface area contributed by atoms with Crippen molar-refractivity contribution < 1.29 is 9.90 Å². The van der Waals surface area contributed by atoms with Crippen LogP contribution in [0.4, 0.5) is 0 Å². The van der Waals surface area contributed by atoms with Crippen molar-refractivity contribution in [3.63, 3.8) is 0 Å². The Hall–Kier alpha value is -0.770. The van der Waals surface area contributed by atoms with E-state index in [0.29, 0.717) is 12.5 Å². The van der Waals surface area contributed by atoms with Crippen LogP contribution in [0.15, 0.2) is 4.99 Å². The maximum Gasteiger partial charge on any atom is 0.322 e. The molecule has 0 aromatic carbocycles. The van der Waals surface area contributed by atoms with Gasteiger partial charge in [0.05, 0.1) is 11.7 Å². The third kappa shape index (κ3) is 12.7. The number of carbonyl (C=O) groups is 1. The van der Waals surface area contributed by atoms with Crippen molar-refractivity contribution in [1.29, 1.82) is 0 Å². The Labute approximate surface area is 134 Å². The zero-order chi connectivity index (χ0) is 15.9. The van der Waals surface area contributed by atoms with Crippen molar-refractivity contribution in [2.24, 2.45) is 10.9 Å². The molecule has 4 nitrogen and oxygen atoms in total. The predicted molar refractivity (Wildman–Crippen MR) is 91.1 cm³/mol. The van der Waals surface area contributed by atoms with E-state index in [-0.39, 0.29) is 6.54 Å². The van der Waals surface area contributed by atoms with Gasteiger partial charge in [-0.25, -0.2) is 4.99 Å². The molecule has 0 rings (SSSR count).